The first kappa shape index (κ1) is 15.5. The molecule has 2 aliphatic rings. The van der Waals surface area contributed by atoms with E-state index in [1.165, 1.54) is 29.4 Å². The Balaban J connectivity index is 1.85. The van der Waals surface area contributed by atoms with Crippen molar-refractivity contribution in [2.45, 2.75) is 45.1 Å². The Labute approximate surface area is 142 Å². The molecule has 128 valence electrons. The van der Waals surface area contributed by atoms with Crippen molar-refractivity contribution in [1.82, 2.24) is 15.6 Å². The van der Waals surface area contributed by atoms with Gasteiger partial charge in [-0.3, -0.25) is 4.90 Å². The van der Waals surface area contributed by atoms with Gasteiger partial charge in [0.1, 0.15) is 5.82 Å². The fourth-order valence-corrected chi connectivity index (χ4v) is 4.48. The fraction of sp³-hybridized carbons (Fsp3) is 0.526. The number of H-pyrrole nitrogens is 1. The average molecular weight is 326 g/mol. The van der Waals surface area contributed by atoms with E-state index in [1.54, 1.807) is 0 Å². The number of hydrogen-bond donors (Lipinski definition) is 3. The molecule has 1 aliphatic heterocycles. The van der Waals surface area contributed by atoms with Gasteiger partial charge in [-0.25, -0.2) is 4.79 Å². The smallest absolute Gasteiger partial charge is 0.322 e. The number of fused-ring (bicyclic) bond motifs is 2. The van der Waals surface area contributed by atoms with Gasteiger partial charge in [0.25, 0.3) is 0 Å². The van der Waals surface area contributed by atoms with Crippen LogP contribution in [-0.2, 0) is 6.42 Å². The second kappa shape index (κ2) is 6.13. The number of carbonyl (C=O) groups excluding carboxylic acids is 1. The summed E-state index contributed by atoms with van der Waals surface area (Å²) in [4.78, 5) is 17.9. The lowest BCUT2D eigenvalue weighted by Crippen LogP contribution is -2.44. The molecule has 1 unspecified atom stereocenters. The van der Waals surface area contributed by atoms with Crippen LogP contribution in [0.2, 0.25) is 0 Å². The first-order valence-corrected chi connectivity index (χ1v) is 9.16. The molecule has 0 saturated carbocycles. The van der Waals surface area contributed by atoms with Gasteiger partial charge in [0.2, 0.25) is 0 Å². The molecule has 2 atom stereocenters. The van der Waals surface area contributed by atoms with Crippen LogP contribution in [-0.4, -0.2) is 36.7 Å². The van der Waals surface area contributed by atoms with E-state index >= 15 is 0 Å². The first-order chi connectivity index (χ1) is 11.7. The van der Waals surface area contributed by atoms with Gasteiger partial charge >= 0.3 is 6.03 Å². The molecule has 4 rings (SSSR count). The Bertz CT molecular complexity index is 766. The molecule has 2 amide bonds. The highest BCUT2D eigenvalue weighted by atomic mass is 16.2. The molecule has 1 aromatic carbocycles. The van der Waals surface area contributed by atoms with Gasteiger partial charge in [-0.05, 0) is 51.3 Å². The lowest BCUT2D eigenvalue weighted by molar-refractivity contribution is 0.247. The summed E-state index contributed by atoms with van der Waals surface area (Å²) in [6.45, 7) is 6.37. The highest BCUT2D eigenvalue weighted by Crippen LogP contribution is 2.44. The van der Waals surface area contributed by atoms with Crippen molar-refractivity contribution < 1.29 is 4.79 Å². The molecule has 24 heavy (non-hydrogen) atoms. The number of aromatic amines is 1. The van der Waals surface area contributed by atoms with E-state index in [0.29, 0.717) is 25.0 Å². The Kier molecular flexibility index (Phi) is 3.96. The highest BCUT2D eigenvalue weighted by molar-refractivity contribution is 5.99. The molecule has 0 radical (unpaired) electrons. The van der Waals surface area contributed by atoms with Crippen molar-refractivity contribution in [3.05, 3.63) is 29.3 Å². The SMILES string of the molecule is CCNC(=O)N(CC)c1[nH]c2cccc3c2c1C[C@H]1NCCCC31. The molecule has 1 aliphatic carbocycles. The van der Waals surface area contributed by atoms with Gasteiger partial charge in [-0.2, -0.15) is 0 Å². The summed E-state index contributed by atoms with van der Waals surface area (Å²) in [7, 11) is 0. The molecule has 5 nitrogen and oxygen atoms in total. The van der Waals surface area contributed by atoms with Crippen molar-refractivity contribution in [2.24, 2.45) is 0 Å². The Morgan fingerprint density at radius 2 is 2.25 bits per heavy atom. The Morgan fingerprint density at radius 1 is 1.38 bits per heavy atom. The van der Waals surface area contributed by atoms with E-state index in [2.05, 4.69) is 33.8 Å². The summed E-state index contributed by atoms with van der Waals surface area (Å²) in [6.07, 6.45) is 3.49. The van der Waals surface area contributed by atoms with Crippen LogP contribution in [0.5, 0.6) is 0 Å². The maximum atomic E-state index is 12.5. The van der Waals surface area contributed by atoms with E-state index in [1.807, 2.05) is 18.7 Å². The minimum absolute atomic E-state index is 0.0249. The summed E-state index contributed by atoms with van der Waals surface area (Å²) in [5.41, 5.74) is 3.90. The number of benzene rings is 1. The largest absolute Gasteiger partial charge is 0.341 e. The minimum atomic E-state index is -0.0249. The summed E-state index contributed by atoms with van der Waals surface area (Å²) in [5, 5.41) is 7.98. The third-order valence-electron chi connectivity index (χ3n) is 5.50. The third kappa shape index (κ3) is 2.30. The number of aromatic nitrogens is 1. The third-order valence-corrected chi connectivity index (χ3v) is 5.50. The molecule has 1 aromatic heterocycles. The molecule has 5 heteroatoms. The first-order valence-electron chi connectivity index (χ1n) is 9.16. The number of carbonyl (C=O) groups is 1. The second-order valence-corrected chi connectivity index (χ2v) is 6.82. The lowest BCUT2D eigenvalue weighted by Gasteiger charge is -2.37. The summed E-state index contributed by atoms with van der Waals surface area (Å²) in [6, 6.07) is 7.01. The monoisotopic (exact) mass is 326 g/mol. The van der Waals surface area contributed by atoms with Crippen LogP contribution in [0.4, 0.5) is 10.6 Å². The zero-order chi connectivity index (χ0) is 16.7. The number of nitrogens with one attached hydrogen (secondary N) is 3. The van der Waals surface area contributed by atoms with Gasteiger partial charge in [0.15, 0.2) is 0 Å². The van der Waals surface area contributed by atoms with Crippen LogP contribution in [0.15, 0.2) is 18.2 Å². The summed E-state index contributed by atoms with van der Waals surface area (Å²) >= 11 is 0. The molecule has 0 spiro atoms. The number of nitrogens with zero attached hydrogens (tertiary/aromatic N) is 1. The van der Waals surface area contributed by atoms with Gasteiger partial charge in [-0.1, -0.05) is 12.1 Å². The lowest BCUT2D eigenvalue weighted by atomic mass is 9.76. The average Bonchev–Trinajstić information content (AvgIpc) is 2.96. The number of piperidine rings is 1. The number of urea groups is 1. The molecule has 1 fully saturated rings. The molecule has 0 bridgehead atoms. The van der Waals surface area contributed by atoms with Crippen LogP contribution in [0, 0.1) is 0 Å². The number of hydrogen-bond acceptors (Lipinski definition) is 2. The molecule has 2 aromatic rings. The zero-order valence-corrected chi connectivity index (χ0v) is 14.5. The Hall–Kier alpha value is -2.01. The van der Waals surface area contributed by atoms with Gasteiger partial charge in [0.05, 0.1) is 0 Å². The van der Waals surface area contributed by atoms with E-state index in [0.717, 1.165) is 24.3 Å². The molecule has 3 N–H and O–H groups in total. The van der Waals surface area contributed by atoms with Gasteiger partial charge < -0.3 is 15.6 Å². The van der Waals surface area contributed by atoms with Crippen molar-refractivity contribution in [2.75, 3.05) is 24.5 Å². The van der Waals surface area contributed by atoms with Crippen LogP contribution >= 0.6 is 0 Å². The quantitative estimate of drug-likeness (QED) is 0.811. The normalized spacial score (nSPS) is 22.2. The molecule has 2 heterocycles. The van der Waals surface area contributed by atoms with E-state index in [9.17, 15) is 4.79 Å². The van der Waals surface area contributed by atoms with Crippen molar-refractivity contribution in [3.8, 4) is 0 Å². The number of rotatable bonds is 3. The summed E-state index contributed by atoms with van der Waals surface area (Å²) in [5.74, 6) is 1.56. The molecular weight excluding hydrogens is 300 g/mol. The van der Waals surface area contributed by atoms with E-state index < -0.39 is 0 Å². The predicted molar refractivity (Wildman–Crippen MR) is 97.9 cm³/mol. The maximum absolute atomic E-state index is 12.5. The zero-order valence-electron chi connectivity index (χ0n) is 14.5. The van der Waals surface area contributed by atoms with E-state index in [-0.39, 0.29) is 6.03 Å². The standard InChI is InChI=1S/C19H26N4O/c1-3-20-19(24)23(4-2)18-14-11-16-12(8-6-10-21-16)13-7-5-9-15(22-18)17(13)14/h5,7,9,12,16,21-22H,3-4,6,8,10-11H2,1-2H3,(H,20,24)/t12?,16-/m1/s1. The minimum Gasteiger partial charge on any atom is -0.341 e. The van der Waals surface area contributed by atoms with Crippen LogP contribution in [0.1, 0.15) is 43.7 Å². The topological polar surface area (TPSA) is 60.2 Å². The predicted octanol–water partition coefficient (Wildman–Crippen LogP) is 3.12. The summed E-state index contributed by atoms with van der Waals surface area (Å²) < 4.78 is 0. The van der Waals surface area contributed by atoms with E-state index in [4.69, 9.17) is 0 Å². The number of amides is 2. The van der Waals surface area contributed by atoms with Crippen molar-refractivity contribution in [1.29, 1.82) is 0 Å². The molecular formula is C19H26N4O. The van der Waals surface area contributed by atoms with Crippen LogP contribution in [0.3, 0.4) is 0 Å². The fourth-order valence-electron chi connectivity index (χ4n) is 4.48. The Morgan fingerprint density at radius 3 is 3.04 bits per heavy atom. The number of anilines is 1. The van der Waals surface area contributed by atoms with Crippen LogP contribution in [0.25, 0.3) is 10.9 Å². The van der Waals surface area contributed by atoms with Gasteiger partial charge in [-0.15, -0.1) is 0 Å². The van der Waals surface area contributed by atoms with Crippen molar-refractivity contribution in [3.63, 3.8) is 0 Å². The van der Waals surface area contributed by atoms with Gasteiger partial charge in [0, 0.05) is 41.5 Å². The van der Waals surface area contributed by atoms with Crippen LogP contribution < -0.4 is 15.5 Å². The maximum Gasteiger partial charge on any atom is 0.322 e. The second-order valence-electron chi connectivity index (χ2n) is 6.82. The van der Waals surface area contributed by atoms with Crippen molar-refractivity contribution >= 4 is 22.8 Å². The highest BCUT2D eigenvalue weighted by Gasteiger charge is 2.35. The molecule has 1 saturated heterocycles.